The van der Waals surface area contributed by atoms with Gasteiger partial charge in [-0.2, -0.15) is 0 Å². The molecule has 12 nitrogen and oxygen atoms in total. The number of hydrogen-bond donors (Lipinski definition) is 4. The van der Waals surface area contributed by atoms with Crippen molar-refractivity contribution in [1.29, 1.82) is 0 Å². The maximum absolute atomic E-state index is 14.5. The molecule has 1 saturated heterocycles. The highest BCUT2D eigenvalue weighted by molar-refractivity contribution is 6.06. The van der Waals surface area contributed by atoms with E-state index < -0.39 is 10.8 Å². The number of amides is 4. The maximum atomic E-state index is 14.5. The standard InChI is InChI=1S/C39H42N8O4/c1-38(13-16-46(17-14-38)35(49)32-12-10-29(40)22-43-32)37(51)47(23-27-7-4-3-6-26(27)21-41-2)24-33(48)44-30-11-9-25-19-39(20-28(25)18-30)31-8-5-15-42-34(31)45-36(39)50/h3-12,15,18,22,41H,13-14,16-17,19-21,23-24,40H2,1-2H3,(H,44,48)(H,42,45,50)/t39-/m1/s1. The molecule has 1 atom stereocenters. The van der Waals surface area contributed by atoms with Gasteiger partial charge in [-0.3, -0.25) is 19.2 Å². The molecule has 262 valence electrons. The predicted molar refractivity (Wildman–Crippen MR) is 194 cm³/mol. The number of nitrogens with one attached hydrogen (secondary N) is 3. The van der Waals surface area contributed by atoms with E-state index in [9.17, 15) is 19.2 Å². The summed E-state index contributed by atoms with van der Waals surface area (Å²) in [5.74, 6) is -0.103. The van der Waals surface area contributed by atoms with Crippen LogP contribution >= 0.6 is 0 Å². The number of anilines is 3. The number of carbonyl (C=O) groups is 4. The van der Waals surface area contributed by atoms with Crippen LogP contribution in [-0.2, 0) is 45.7 Å². The second kappa shape index (κ2) is 13.6. The molecule has 12 heteroatoms. The molecule has 2 aromatic carbocycles. The monoisotopic (exact) mass is 686 g/mol. The van der Waals surface area contributed by atoms with Crippen molar-refractivity contribution in [1.82, 2.24) is 25.1 Å². The summed E-state index contributed by atoms with van der Waals surface area (Å²) in [5, 5.41) is 9.15. The van der Waals surface area contributed by atoms with Crippen LogP contribution in [0.3, 0.4) is 0 Å². The van der Waals surface area contributed by atoms with Crippen molar-refractivity contribution in [2.75, 3.05) is 43.0 Å². The average Bonchev–Trinajstić information content (AvgIpc) is 3.65. The Labute approximate surface area is 296 Å². The van der Waals surface area contributed by atoms with Crippen LogP contribution in [0.15, 0.2) is 79.1 Å². The third-order valence-electron chi connectivity index (χ3n) is 10.6. The number of hydrogen-bond acceptors (Lipinski definition) is 8. The minimum absolute atomic E-state index is 0.0590. The third-order valence-corrected chi connectivity index (χ3v) is 10.6. The van der Waals surface area contributed by atoms with E-state index in [0.29, 0.717) is 68.2 Å². The molecule has 5 N–H and O–H groups in total. The summed E-state index contributed by atoms with van der Waals surface area (Å²) in [4.78, 5) is 66.4. The van der Waals surface area contributed by atoms with Crippen LogP contribution < -0.4 is 21.7 Å². The maximum Gasteiger partial charge on any atom is 0.272 e. The molecule has 3 aliphatic rings. The molecule has 7 rings (SSSR count). The summed E-state index contributed by atoms with van der Waals surface area (Å²) in [6.07, 6.45) is 5.10. The molecule has 51 heavy (non-hydrogen) atoms. The van der Waals surface area contributed by atoms with Crippen LogP contribution in [0.4, 0.5) is 17.2 Å². The normalized spacial score (nSPS) is 18.5. The molecule has 1 spiro atoms. The zero-order valence-electron chi connectivity index (χ0n) is 28.9. The van der Waals surface area contributed by atoms with Gasteiger partial charge in [0.1, 0.15) is 18.1 Å². The smallest absolute Gasteiger partial charge is 0.272 e. The number of pyridine rings is 2. The molecule has 2 aromatic heterocycles. The zero-order valence-corrected chi connectivity index (χ0v) is 28.9. The van der Waals surface area contributed by atoms with E-state index in [1.807, 2.05) is 68.6 Å². The minimum Gasteiger partial charge on any atom is -0.397 e. The highest BCUT2D eigenvalue weighted by Gasteiger charge is 2.51. The second-order valence-electron chi connectivity index (χ2n) is 14.1. The Balaban J connectivity index is 1.07. The van der Waals surface area contributed by atoms with Gasteiger partial charge in [0.05, 0.1) is 17.3 Å². The molecule has 1 aliphatic carbocycles. The number of carbonyl (C=O) groups excluding carboxylic acids is 4. The number of benzene rings is 2. The fraction of sp³-hybridized carbons (Fsp3) is 0.333. The number of rotatable bonds is 9. The SMILES string of the molecule is CNCc1ccccc1CN(CC(=O)Nc1ccc2c(c1)C[C@@]1(C2)C(=O)Nc2ncccc21)C(=O)C1(C)CCN(C(=O)c2ccc(N)cn2)CC1. The van der Waals surface area contributed by atoms with Crippen molar-refractivity contribution in [2.24, 2.45) is 5.41 Å². The van der Waals surface area contributed by atoms with Gasteiger partial charge in [0.15, 0.2) is 0 Å². The van der Waals surface area contributed by atoms with E-state index >= 15 is 0 Å². The third kappa shape index (κ3) is 6.54. The fourth-order valence-corrected chi connectivity index (χ4v) is 7.69. The van der Waals surface area contributed by atoms with Gasteiger partial charge < -0.3 is 31.5 Å². The van der Waals surface area contributed by atoms with E-state index in [1.54, 1.807) is 28.1 Å². The lowest BCUT2D eigenvalue weighted by Gasteiger charge is -2.41. The molecule has 0 saturated carbocycles. The van der Waals surface area contributed by atoms with E-state index in [0.717, 1.165) is 27.8 Å². The number of nitrogens with zero attached hydrogens (tertiary/aromatic N) is 4. The van der Waals surface area contributed by atoms with Crippen molar-refractivity contribution in [3.05, 3.63) is 113 Å². The van der Waals surface area contributed by atoms with Crippen LogP contribution in [0, 0.1) is 5.41 Å². The number of piperidine rings is 1. The fourth-order valence-electron chi connectivity index (χ4n) is 7.69. The first-order valence-corrected chi connectivity index (χ1v) is 17.3. The highest BCUT2D eigenvalue weighted by Crippen LogP contribution is 2.47. The second-order valence-corrected chi connectivity index (χ2v) is 14.1. The van der Waals surface area contributed by atoms with Crippen LogP contribution in [0.5, 0.6) is 0 Å². The molecule has 0 bridgehead atoms. The lowest BCUT2D eigenvalue weighted by atomic mass is 9.78. The van der Waals surface area contributed by atoms with E-state index in [4.69, 9.17) is 5.73 Å². The van der Waals surface area contributed by atoms with Crippen LogP contribution in [-0.4, -0.2) is 70.1 Å². The van der Waals surface area contributed by atoms with Gasteiger partial charge in [0.25, 0.3) is 5.91 Å². The molecule has 4 aromatic rings. The number of nitrogens with two attached hydrogens (primary N) is 1. The summed E-state index contributed by atoms with van der Waals surface area (Å²) < 4.78 is 0. The van der Waals surface area contributed by atoms with Crippen molar-refractivity contribution in [2.45, 2.75) is 51.1 Å². The lowest BCUT2D eigenvalue weighted by molar-refractivity contribution is -0.146. The minimum atomic E-state index is -0.779. The first-order valence-electron chi connectivity index (χ1n) is 17.3. The summed E-state index contributed by atoms with van der Waals surface area (Å²) in [7, 11) is 1.87. The van der Waals surface area contributed by atoms with Crippen LogP contribution in [0.1, 0.15) is 58.1 Å². The Kier molecular flexibility index (Phi) is 9.02. The van der Waals surface area contributed by atoms with Crippen LogP contribution in [0.25, 0.3) is 0 Å². The number of nitrogen functional groups attached to an aromatic ring is 1. The Morgan fingerprint density at radius 3 is 2.47 bits per heavy atom. The van der Waals surface area contributed by atoms with Gasteiger partial charge in [-0.05, 0) is 85.3 Å². The van der Waals surface area contributed by atoms with Gasteiger partial charge in [-0.25, -0.2) is 9.97 Å². The number of likely N-dealkylation sites (tertiary alicyclic amines) is 1. The Hall–Kier alpha value is -5.62. The van der Waals surface area contributed by atoms with Gasteiger partial charge in [-0.15, -0.1) is 0 Å². The topological polar surface area (TPSA) is 163 Å². The molecule has 4 amide bonds. The molecule has 2 aliphatic heterocycles. The van der Waals surface area contributed by atoms with Crippen molar-refractivity contribution < 1.29 is 19.2 Å². The average molecular weight is 687 g/mol. The summed E-state index contributed by atoms with van der Waals surface area (Å²) >= 11 is 0. The van der Waals surface area contributed by atoms with E-state index in [2.05, 4.69) is 25.9 Å². The van der Waals surface area contributed by atoms with Gasteiger partial charge in [0, 0.05) is 49.0 Å². The van der Waals surface area contributed by atoms with Crippen molar-refractivity contribution in [3.8, 4) is 0 Å². The molecule has 0 unspecified atom stereocenters. The summed E-state index contributed by atoms with van der Waals surface area (Å²) in [6.45, 7) is 3.42. The number of fused-ring (bicyclic) bond motifs is 3. The van der Waals surface area contributed by atoms with Crippen LogP contribution in [0.2, 0.25) is 0 Å². The molecular formula is C39H42N8O4. The summed E-state index contributed by atoms with van der Waals surface area (Å²) in [5.41, 5.74) is 10.6. The summed E-state index contributed by atoms with van der Waals surface area (Å²) in [6, 6.07) is 20.7. The predicted octanol–water partition coefficient (Wildman–Crippen LogP) is 3.68. The van der Waals surface area contributed by atoms with Gasteiger partial charge in [-0.1, -0.05) is 43.3 Å². The quantitative estimate of drug-likeness (QED) is 0.207. The largest absolute Gasteiger partial charge is 0.397 e. The first kappa shape index (κ1) is 33.9. The molecule has 4 heterocycles. The Bertz CT molecular complexity index is 2010. The first-order chi connectivity index (χ1) is 24.6. The van der Waals surface area contributed by atoms with Crippen molar-refractivity contribution in [3.63, 3.8) is 0 Å². The molecule has 0 radical (unpaired) electrons. The molecule has 1 fully saturated rings. The van der Waals surface area contributed by atoms with Gasteiger partial charge in [0.2, 0.25) is 17.7 Å². The van der Waals surface area contributed by atoms with E-state index in [1.165, 1.54) is 6.20 Å². The highest BCUT2D eigenvalue weighted by atomic mass is 16.2. The zero-order chi connectivity index (χ0) is 35.8. The lowest BCUT2D eigenvalue weighted by Crippen LogP contribution is -2.51. The number of aromatic nitrogens is 2. The Morgan fingerprint density at radius 1 is 0.961 bits per heavy atom. The molecular weight excluding hydrogens is 644 g/mol. The van der Waals surface area contributed by atoms with Crippen molar-refractivity contribution >= 4 is 40.8 Å². The van der Waals surface area contributed by atoms with E-state index in [-0.39, 0.29) is 36.7 Å². The Morgan fingerprint density at radius 2 is 1.73 bits per heavy atom. The van der Waals surface area contributed by atoms with Gasteiger partial charge >= 0.3 is 0 Å².